The van der Waals surface area contributed by atoms with Gasteiger partial charge in [0, 0.05) is 0 Å². The van der Waals surface area contributed by atoms with Gasteiger partial charge in [0.25, 0.3) is 0 Å². The second-order valence-corrected chi connectivity index (χ2v) is 2.53. The standard InChI is InChI=1S/C11H14/c1-2-4-6-8-10-11-9-7-5-3-1/h1-6,9,11H,7-8,10H2/b2-1-,5-3+,6-4-,11-9?. The number of hydrogen-bond acceptors (Lipinski definition) is 0. The van der Waals surface area contributed by atoms with Crippen LogP contribution in [-0.2, 0) is 0 Å². The molecule has 0 amide bonds. The Morgan fingerprint density at radius 1 is 0.545 bits per heavy atom. The van der Waals surface area contributed by atoms with Crippen LogP contribution in [-0.4, -0.2) is 0 Å². The van der Waals surface area contributed by atoms with E-state index in [0.717, 1.165) is 19.3 Å². The highest BCUT2D eigenvalue weighted by Crippen LogP contribution is 1.97. The topological polar surface area (TPSA) is 0 Å². The molecular formula is C11H14. The van der Waals surface area contributed by atoms with Gasteiger partial charge in [0.05, 0.1) is 0 Å². The lowest BCUT2D eigenvalue weighted by Gasteiger charge is -1.83. The van der Waals surface area contributed by atoms with Gasteiger partial charge >= 0.3 is 0 Å². The van der Waals surface area contributed by atoms with Crippen LogP contribution in [0.15, 0.2) is 48.6 Å². The van der Waals surface area contributed by atoms with Gasteiger partial charge in [-0.1, -0.05) is 48.6 Å². The Bertz CT molecular complexity index is 192. The zero-order valence-corrected chi connectivity index (χ0v) is 6.74. The van der Waals surface area contributed by atoms with Gasteiger partial charge in [0.2, 0.25) is 0 Å². The fourth-order valence-electron chi connectivity index (χ4n) is 0.945. The minimum absolute atomic E-state index is 1.06. The summed E-state index contributed by atoms with van der Waals surface area (Å²) in [5.41, 5.74) is 0. The summed E-state index contributed by atoms with van der Waals surface area (Å²) >= 11 is 0. The van der Waals surface area contributed by atoms with Crippen molar-refractivity contribution in [2.45, 2.75) is 19.3 Å². The van der Waals surface area contributed by atoms with Crippen LogP contribution in [0.25, 0.3) is 0 Å². The maximum atomic E-state index is 2.24. The van der Waals surface area contributed by atoms with Gasteiger partial charge < -0.3 is 0 Å². The molecule has 0 atom stereocenters. The Morgan fingerprint density at radius 2 is 1.27 bits per heavy atom. The fraction of sp³-hybridized carbons (Fsp3) is 0.273. The highest BCUT2D eigenvalue weighted by Gasteiger charge is 1.76. The highest BCUT2D eigenvalue weighted by atomic mass is 13.8. The van der Waals surface area contributed by atoms with Crippen LogP contribution in [0.5, 0.6) is 0 Å². The van der Waals surface area contributed by atoms with Gasteiger partial charge in [0.1, 0.15) is 0 Å². The molecule has 11 heavy (non-hydrogen) atoms. The third-order valence-electron chi connectivity index (χ3n) is 1.54. The van der Waals surface area contributed by atoms with Crippen LogP contribution in [0.4, 0.5) is 0 Å². The van der Waals surface area contributed by atoms with Crippen molar-refractivity contribution in [3.05, 3.63) is 48.6 Å². The van der Waals surface area contributed by atoms with Crippen LogP contribution >= 0.6 is 0 Å². The highest BCUT2D eigenvalue weighted by molar-refractivity contribution is 5.12. The summed E-state index contributed by atoms with van der Waals surface area (Å²) in [5, 5.41) is 0. The molecule has 1 aliphatic rings. The van der Waals surface area contributed by atoms with E-state index in [1.54, 1.807) is 0 Å². The first-order valence-corrected chi connectivity index (χ1v) is 4.13. The molecule has 58 valence electrons. The van der Waals surface area contributed by atoms with E-state index >= 15 is 0 Å². The van der Waals surface area contributed by atoms with Crippen molar-refractivity contribution in [1.82, 2.24) is 0 Å². The summed E-state index contributed by atoms with van der Waals surface area (Å²) < 4.78 is 0. The summed E-state index contributed by atoms with van der Waals surface area (Å²) in [7, 11) is 0. The van der Waals surface area contributed by atoms with E-state index in [0.29, 0.717) is 0 Å². The van der Waals surface area contributed by atoms with Crippen molar-refractivity contribution in [3.63, 3.8) is 0 Å². The summed E-state index contributed by atoms with van der Waals surface area (Å²) in [4.78, 5) is 0. The molecule has 0 N–H and O–H groups in total. The molecule has 0 spiro atoms. The SMILES string of the molecule is C1=CCC\C=C/C=C\C=C\C1. The second kappa shape index (κ2) is 5.72. The zero-order chi connectivity index (χ0) is 7.78. The Hall–Kier alpha value is -1.04. The monoisotopic (exact) mass is 146 g/mol. The molecule has 0 unspecified atom stereocenters. The van der Waals surface area contributed by atoms with Gasteiger partial charge in [-0.3, -0.25) is 0 Å². The van der Waals surface area contributed by atoms with E-state index < -0.39 is 0 Å². The fourth-order valence-corrected chi connectivity index (χ4v) is 0.945. The first-order valence-electron chi connectivity index (χ1n) is 4.13. The first-order chi connectivity index (χ1) is 5.50. The van der Waals surface area contributed by atoms with Crippen molar-refractivity contribution in [2.75, 3.05) is 0 Å². The molecule has 0 bridgehead atoms. The molecule has 0 heteroatoms. The van der Waals surface area contributed by atoms with Gasteiger partial charge in [-0.2, -0.15) is 0 Å². The lowest BCUT2D eigenvalue weighted by molar-refractivity contribution is 1.04. The molecule has 0 saturated carbocycles. The lowest BCUT2D eigenvalue weighted by Crippen LogP contribution is -1.63. The number of rotatable bonds is 0. The molecule has 1 aliphatic carbocycles. The smallest absolute Gasteiger partial charge is 0.0166 e. The molecule has 0 fully saturated rings. The number of allylic oxidation sites excluding steroid dienone is 8. The van der Waals surface area contributed by atoms with Gasteiger partial charge in [-0.25, -0.2) is 0 Å². The van der Waals surface area contributed by atoms with E-state index in [-0.39, 0.29) is 0 Å². The number of hydrogen-bond donors (Lipinski definition) is 0. The molecule has 0 nitrogen and oxygen atoms in total. The molecule has 0 heterocycles. The van der Waals surface area contributed by atoms with Crippen LogP contribution in [0.1, 0.15) is 19.3 Å². The third kappa shape index (κ3) is 4.38. The van der Waals surface area contributed by atoms with Crippen molar-refractivity contribution < 1.29 is 0 Å². The summed E-state index contributed by atoms with van der Waals surface area (Å²) in [6.07, 6.45) is 20.5. The van der Waals surface area contributed by atoms with Gasteiger partial charge in [-0.15, -0.1) is 0 Å². The lowest BCUT2D eigenvalue weighted by atomic mass is 10.2. The van der Waals surface area contributed by atoms with Crippen molar-refractivity contribution in [2.24, 2.45) is 0 Å². The predicted molar refractivity (Wildman–Crippen MR) is 50.4 cm³/mol. The molecular weight excluding hydrogens is 132 g/mol. The average molecular weight is 146 g/mol. The van der Waals surface area contributed by atoms with E-state index in [2.05, 4.69) is 48.6 Å². The van der Waals surface area contributed by atoms with Crippen LogP contribution in [0.3, 0.4) is 0 Å². The average Bonchev–Trinajstić information content (AvgIpc) is 2.08. The molecule has 0 saturated heterocycles. The Balaban J connectivity index is 2.47. The van der Waals surface area contributed by atoms with E-state index in [1.807, 2.05) is 0 Å². The Morgan fingerprint density at radius 3 is 2.18 bits per heavy atom. The quantitative estimate of drug-likeness (QED) is 0.459. The van der Waals surface area contributed by atoms with Gasteiger partial charge in [-0.05, 0) is 19.3 Å². The van der Waals surface area contributed by atoms with E-state index in [1.165, 1.54) is 0 Å². The largest absolute Gasteiger partial charge is 0.0879 e. The molecule has 0 aromatic carbocycles. The summed E-state index contributed by atoms with van der Waals surface area (Å²) in [6, 6.07) is 0. The van der Waals surface area contributed by atoms with Crippen LogP contribution in [0.2, 0.25) is 0 Å². The van der Waals surface area contributed by atoms with E-state index in [4.69, 9.17) is 0 Å². The molecule has 0 aliphatic heterocycles. The first kappa shape index (κ1) is 8.06. The summed E-state index contributed by atoms with van der Waals surface area (Å²) in [5.74, 6) is 0. The zero-order valence-electron chi connectivity index (χ0n) is 6.74. The van der Waals surface area contributed by atoms with Crippen molar-refractivity contribution in [1.29, 1.82) is 0 Å². The van der Waals surface area contributed by atoms with E-state index in [9.17, 15) is 0 Å². The Kier molecular flexibility index (Phi) is 4.19. The normalized spacial score (nSPS) is 26.9. The van der Waals surface area contributed by atoms with Crippen LogP contribution in [0, 0.1) is 0 Å². The predicted octanol–water partition coefficient (Wildman–Crippen LogP) is 3.40. The molecule has 1 rings (SSSR count). The van der Waals surface area contributed by atoms with Crippen molar-refractivity contribution >= 4 is 0 Å². The molecule has 0 aromatic heterocycles. The van der Waals surface area contributed by atoms with Crippen molar-refractivity contribution in [3.8, 4) is 0 Å². The molecule has 0 aromatic rings. The minimum atomic E-state index is 1.06. The second-order valence-electron chi connectivity index (χ2n) is 2.53. The third-order valence-corrected chi connectivity index (χ3v) is 1.54. The molecule has 0 radical (unpaired) electrons. The Labute approximate surface area is 68.6 Å². The maximum absolute atomic E-state index is 2.24. The van der Waals surface area contributed by atoms with Gasteiger partial charge in [0.15, 0.2) is 0 Å². The maximum Gasteiger partial charge on any atom is -0.0166 e. The summed E-state index contributed by atoms with van der Waals surface area (Å²) in [6.45, 7) is 0. The van der Waals surface area contributed by atoms with Crippen LogP contribution < -0.4 is 0 Å². The minimum Gasteiger partial charge on any atom is -0.0879 e.